The number of nitrogens with one attached hydrogen (secondary N) is 1. The van der Waals surface area contributed by atoms with Crippen LogP contribution in [0.4, 0.5) is 0 Å². The van der Waals surface area contributed by atoms with Gasteiger partial charge in [0, 0.05) is 25.0 Å². The van der Waals surface area contributed by atoms with E-state index in [0.29, 0.717) is 13.0 Å². The van der Waals surface area contributed by atoms with E-state index in [1.807, 2.05) is 32.5 Å². The molecule has 1 aliphatic rings. The Kier molecular flexibility index (Phi) is 7.51. The van der Waals surface area contributed by atoms with Crippen LogP contribution in [0.15, 0.2) is 0 Å². The summed E-state index contributed by atoms with van der Waals surface area (Å²) in [6.45, 7) is 7.43. The van der Waals surface area contributed by atoms with Crippen LogP contribution in [-0.2, 0) is 9.53 Å². The monoisotopic (exact) mass is 316 g/mol. The van der Waals surface area contributed by atoms with Crippen molar-refractivity contribution in [3.8, 4) is 0 Å². The lowest BCUT2D eigenvalue weighted by molar-refractivity contribution is -0.170. The highest BCUT2D eigenvalue weighted by molar-refractivity contribution is 7.98. The zero-order valence-electron chi connectivity index (χ0n) is 14.0. The second-order valence-electron chi connectivity index (χ2n) is 6.50. The van der Waals surface area contributed by atoms with Crippen LogP contribution < -0.4 is 11.1 Å². The summed E-state index contributed by atoms with van der Waals surface area (Å²) in [5.74, 6) is 1.21. The Hall–Kier alpha value is -0.260. The summed E-state index contributed by atoms with van der Waals surface area (Å²) in [6.07, 6.45) is 7.55. The number of nitrogens with two attached hydrogens (primary N) is 1. The Morgan fingerprint density at radius 3 is 2.57 bits per heavy atom. The van der Waals surface area contributed by atoms with Crippen molar-refractivity contribution in [2.45, 2.75) is 64.5 Å². The van der Waals surface area contributed by atoms with Crippen LogP contribution in [0.3, 0.4) is 0 Å². The molecule has 1 aliphatic carbocycles. The average Bonchev–Trinajstić information content (AvgIpc) is 2.45. The summed E-state index contributed by atoms with van der Waals surface area (Å²) >= 11 is 1.89. The van der Waals surface area contributed by atoms with Gasteiger partial charge in [-0.25, -0.2) is 0 Å². The van der Waals surface area contributed by atoms with Crippen molar-refractivity contribution in [1.29, 1.82) is 0 Å². The summed E-state index contributed by atoms with van der Waals surface area (Å²) in [7, 11) is 0. The Morgan fingerprint density at radius 1 is 1.33 bits per heavy atom. The Labute approximate surface area is 133 Å². The molecule has 1 amide bonds. The predicted octanol–water partition coefficient (Wildman–Crippen LogP) is 2.56. The quantitative estimate of drug-likeness (QED) is 0.608. The zero-order valence-corrected chi connectivity index (χ0v) is 14.9. The first kappa shape index (κ1) is 18.8. The molecule has 0 heterocycles. The highest BCUT2D eigenvalue weighted by atomic mass is 32.2. The molecule has 21 heavy (non-hydrogen) atoms. The maximum atomic E-state index is 12.4. The summed E-state index contributed by atoms with van der Waals surface area (Å²) in [4.78, 5) is 12.4. The van der Waals surface area contributed by atoms with Gasteiger partial charge in [-0.2, -0.15) is 11.8 Å². The van der Waals surface area contributed by atoms with Gasteiger partial charge in [-0.15, -0.1) is 0 Å². The molecular weight excluding hydrogens is 284 g/mol. The fraction of sp³-hybridized carbons (Fsp3) is 0.938. The Morgan fingerprint density at radius 2 is 2.00 bits per heavy atom. The van der Waals surface area contributed by atoms with Crippen molar-refractivity contribution < 1.29 is 9.53 Å². The van der Waals surface area contributed by atoms with Crippen LogP contribution in [-0.4, -0.2) is 42.7 Å². The maximum absolute atomic E-state index is 12.4. The lowest BCUT2D eigenvalue weighted by Crippen LogP contribution is -2.75. The van der Waals surface area contributed by atoms with Crippen molar-refractivity contribution in [2.24, 2.45) is 11.1 Å². The molecule has 0 spiro atoms. The van der Waals surface area contributed by atoms with E-state index in [9.17, 15) is 4.79 Å². The maximum Gasteiger partial charge on any atom is 0.240 e. The number of thioether (sulfide) groups is 1. The van der Waals surface area contributed by atoms with Crippen LogP contribution in [0.1, 0.15) is 52.9 Å². The number of hydrogen-bond donors (Lipinski definition) is 2. The molecule has 4 nitrogen and oxygen atoms in total. The molecule has 0 aromatic rings. The van der Waals surface area contributed by atoms with E-state index in [0.717, 1.165) is 13.0 Å². The van der Waals surface area contributed by atoms with Crippen LogP contribution >= 0.6 is 11.8 Å². The minimum atomic E-state index is -0.786. The molecule has 0 saturated heterocycles. The summed E-state index contributed by atoms with van der Waals surface area (Å²) < 4.78 is 5.66. The van der Waals surface area contributed by atoms with E-state index in [1.165, 1.54) is 25.0 Å². The lowest BCUT2D eigenvalue weighted by Gasteiger charge is -2.57. The fourth-order valence-corrected chi connectivity index (χ4v) is 3.40. The molecule has 124 valence electrons. The third-order valence-corrected chi connectivity index (χ3v) is 5.49. The number of hydrogen-bond acceptors (Lipinski definition) is 4. The van der Waals surface area contributed by atoms with Gasteiger partial charge in [0.15, 0.2) is 0 Å². The second kappa shape index (κ2) is 8.39. The first-order valence-electron chi connectivity index (χ1n) is 8.08. The van der Waals surface area contributed by atoms with Crippen molar-refractivity contribution >= 4 is 17.7 Å². The molecule has 3 N–H and O–H groups in total. The molecule has 1 fully saturated rings. The average molecular weight is 317 g/mol. The third-order valence-electron chi connectivity index (χ3n) is 4.80. The van der Waals surface area contributed by atoms with Crippen molar-refractivity contribution in [2.75, 3.05) is 25.2 Å². The molecule has 1 rings (SSSR count). The predicted molar refractivity (Wildman–Crippen MR) is 90.6 cm³/mol. The van der Waals surface area contributed by atoms with Crippen molar-refractivity contribution in [1.82, 2.24) is 5.32 Å². The summed E-state index contributed by atoms with van der Waals surface area (Å²) in [6, 6.07) is 0. The van der Waals surface area contributed by atoms with Gasteiger partial charge in [-0.05, 0) is 31.8 Å². The van der Waals surface area contributed by atoms with Gasteiger partial charge in [0.05, 0.1) is 6.10 Å². The van der Waals surface area contributed by atoms with E-state index >= 15 is 0 Å². The standard InChI is InChI=1S/C16H32N2O2S/c1-5-20-13-12-16(17,15(13,2)3)14(19)18-10-8-6-7-9-11-21-4/h13H,5-12,17H2,1-4H3,(H,18,19). The highest BCUT2D eigenvalue weighted by Gasteiger charge is 2.62. The van der Waals surface area contributed by atoms with Gasteiger partial charge in [-0.1, -0.05) is 26.7 Å². The van der Waals surface area contributed by atoms with Gasteiger partial charge in [0.2, 0.25) is 5.91 Å². The summed E-state index contributed by atoms with van der Waals surface area (Å²) in [5, 5.41) is 3.01. The largest absolute Gasteiger partial charge is 0.378 e. The number of ether oxygens (including phenoxy) is 1. The third kappa shape index (κ3) is 4.36. The zero-order chi connectivity index (χ0) is 15.9. The minimum absolute atomic E-state index is 0.0208. The summed E-state index contributed by atoms with van der Waals surface area (Å²) in [5.41, 5.74) is 5.24. The van der Waals surface area contributed by atoms with Crippen LogP contribution in [0.25, 0.3) is 0 Å². The first-order valence-corrected chi connectivity index (χ1v) is 9.47. The van der Waals surface area contributed by atoms with E-state index in [4.69, 9.17) is 10.5 Å². The van der Waals surface area contributed by atoms with Gasteiger partial charge in [0.25, 0.3) is 0 Å². The number of amides is 1. The molecule has 5 heteroatoms. The smallest absolute Gasteiger partial charge is 0.240 e. The van der Waals surface area contributed by atoms with E-state index in [1.54, 1.807) is 0 Å². The van der Waals surface area contributed by atoms with Crippen LogP contribution in [0.2, 0.25) is 0 Å². The normalized spacial score (nSPS) is 27.2. The van der Waals surface area contributed by atoms with E-state index in [-0.39, 0.29) is 17.4 Å². The molecule has 0 aromatic carbocycles. The van der Waals surface area contributed by atoms with Gasteiger partial charge >= 0.3 is 0 Å². The Bertz CT molecular complexity index is 336. The number of carbonyl (C=O) groups excluding carboxylic acids is 1. The molecule has 0 bridgehead atoms. The van der Waals surface area contributed by atoms with Gasteiger partial charge < -0.3 is 15.8 Å². The molecule has 2 atom stereocenters. The molecule has 0 radical (unpaired) electrons. The van der Waals surface area contributed by atoms with Crippen LogP contribution in [0.5, 0.6) is 0 Å². The first-order chi connectivity index (χ1) is 9.90. The number of unbranched alkanes of at least 4 members (excludes halogenated alkanes) is 3. The highest BCUT2D eigenvalue weighted by Crippen LogP contribution is 2.49. The van der Waals surface area contributed by atoms with Gasteiger partial charge in [-0.3, -0.25) is 4.79 Å². The minimum Gasteiger partial charge on any atom is -0.378 e. The SMILES string of the molecule is CCOC1CC(N)(C(=O)NCCCCCCSC)C1(C)C. The number of rotatable bonds is 10. The molecule has 2 unspecified atom stereocenters. The molecule has 0 aliphatic heterocycles. The molecule has 0 aromatic heterocycles. The lowest BCUT2D eigenvalue weighted by atomic mass is 9.54. The molecule has 1 saturated carbocycles. The topological polar surface area (TPSA) is 64.3 Å². The van der Waals surface area contributed by atoms with Crippen molar-refractivity contribution in [3.63, 3.8) is 0 Å². The second-order valence-corrected chi connectivity index (χ2v) is 7.49. The number of carbonyl (C=O) groups is 1. The van der Waals surface area contributed by atoms with E-state index < -0.39 is 5.54 Å². The molecular formula is C16H32N2O2S. The van der Waals surface area contributed by atoms with Crippen LogP contribution in [0, 0.1) is 5.41 Å². The Balaban J connectivity index is 2.26. The van der Waals surface area contributed by atoms with E-state index in [2.05, 4.69) is 11.6 Å². The van der Waals surface area contributed by atoms with Crippen molar-refractivity contribution in [3.05, 3.63) is 0 Å². The van der Waals surface area contributed by atoms with Gasteiger partial charge in [0.1, 0.15) is 5.54 Å². The fourth-order valence-electron chi connectivity index (χ4n) is 2.91.